The summed E-state index contributed by atoms with van der Waals surface area (Å²) >= 11 is 11.8. The van der Waals surface area contributed by atoms with Gasteiger partial charge in [-0.25, -0.2) is 13.1 Å². The Kier molecular flexibility index (Phi) is 6.42. The van der Waals surface area contributed by atoms with Crippen molar-refractivity contribution in [2.45, 2.75) is 24.3 Å². The number of nitro groups is 1. The molecule has 2 rings (SSSR count). The van der Waals surface area contributed by atoms with Gasteiger partial charge in [-0.3, -0.25) is 10.1 Å². The Balaban J connectivity index is 2.28. The highest BCUT2D eigenvalue weighted by Crippen LogP contribution is 2.28. The fourth-order valence-electron chi connectivity index (χ4n) is 2.25. The van der Waals surface area contributed by atoms with Crippen LogP contribution < -0.4 is 9.83 Å². The van der Waals surface area contributed by atoms with Crippen LogP contribution in [0.15, 0.2) is 41.3 Å². The van der Waals surface area contributed by atoms with Crippen LogP contribution in [0, 0.1) is 17.0 Å². The monoisotopic (exact) mass is 431 g/mol. The average molecular weight is 432 g/mol. The third kappa shape index (κ3) is 5.16. The van der Waals surface area contributed by atoms with E-state index in [1.54, 1.807) is 6.92 Å². The third-order valence-corrected chi connectivity index (χ3v) is 6.02. The molecule has 1 N–H and O–H groups in total. The predicted molar refractivity (Wildman–Crippen MR) is 97.1 cm³/mol. The Morgan fingerprint density at radius 3 is 2.30 bits per heavy atom. The number of nitrogens with one attached hydrogen (secondary N) is 1. The van der Waals surface area contributed by atoms with Gasteiger partial charge in [-0.05, 0) is 36.6 Å². The summed E-state index contributed by atoms with van der Waals surface area (Å²) in [6.45, 7) is 1.57. The lowest BCUT2D eigenvalue weighted by molar-refractivity contribution is -0.384. The van der Waals surface area contributed by atoms with E-state index in [1.165, 1.54) is 36.4 Å². The average Bonchev–Trinajstić information content (AvgIpc) is 2.57. The first-order chi connectivity index (χ1) is 12.5. The quantitative estimate of drug-likeness (QED) is 0.525. The molecule has 0 amide bonds. The highest BCUT2D eigenvalue weighted by molar-refractivity contribution is 7.89. The van der Waals surface area contributed by atoms with E-state index >= 15 is 0 Å². The number of hydrogen-bond donors (Lipinski definition) is 1. The number of rotatable bonds is 7. The van der Waals surface area contributed by atoms with E-state index in [1.807, 2.05) is 4.72 Å². The van der Waals surface area contributed by atoms with Crippen LogP contribution in [-0.4, -0.2) is 25.4 Å². The van der Waals surface area contributed by atoms with Crippen LogP contribution >= 0.6 is 23.2 Å². The van der Waals surface area contributed by atoms with Crippen molar-refractivity contribution in [3.05, 3.63) is 67.7 Å². The molecule has 1 atom stereocenters. The van der Waals surface area contributed by atoms with Crippen molar-refractivity contribution in [3.63, 3.8) is 0 Å². The van der Waals surface area contributed by atoms with Crippen molar-refractivity contribution in [3.8, 4) is 0 Å². The number of nitro benzene ring substituents is 1. The second-order valence-corrected chi connectivity index (χ2v) is 8.15. The van der Waals surface area contributed by atoms with Crippen LogP contribution in [0.3, 0.4) is 0 Å². The molecule has 0 radical (unpaired) electrons. The minimum Gasteiger partial charge on any atom is -0.548 e. The van der Waals surface area contributed by atoms with E-state index < -0.39 is 27.0 Å². The van der Waals surface area contributed by atoms with E-state index in [-0.39, 0.29) is 27.0 Å². The maximum absolute atomic E-state index is 12.5. The summed E-state index contributed by atoms with van der Waals surface area (Å²) in [5.74, 6) is -1.65. The van der Waals surface area contributed by atoms with Gasteiger partial charge < -0.3 is 9.90 Å². The number of hydrogen-bond acceptors (Lipinski definition) is 6. The first-order valence-corrected chi connectivity index (χ1v) is 9.67. The zero-order valence-corrected chi connectivity index (χ0v) is 16.1. The normalized spacial score (nSPS) is 12.6. The number of carboxylic acid groups (broad SMARTS) is 1. The van der Waals surface area contributed by atoms with Gasteiger partial charge in [0.05, 0.1) is 22.0 Å². The molecule has 0 spiro atoms. The molecule has 8 nitrogen and oxygen atoms in total. The molecule has 0 saturated carbocycles. The number of halogens is 2. The van der Waals surface area contributed by atoms with Gasteiger partial charge >= 0.3 is 0 Å². The Hall–Kier alpha value is -2.20. The number of carbonyl (C=O) groups is 1. The van der Waals surface area contributed by atoms with Crippen molar-refractivity contribution in [2.24, 2.45) is 0 Å². The minimum absolute atomic E-state index is 0.162. The Labute approximate surface area is 164 Å². The van der Waals surface area contributed by atoms with Crippen molar-refractivity contribution in [1.29, 1.82) is 0 Å². The van der Waals surface area contributed by atoms with E-state index in [9.17, 15) is 28.4 Å². The molecule has 0 aromatic heterocycles. The number of benzene rings is 2. The van der Waals surface area contributed by atoms with Crippen LogP contribution in [0.4, 0.5) is 5.69 Å². The second kappa shape index (κ2) is 8.22. The van der Waals surface area contributed by atoms with Gasteiger partial charge in [0.25, 0.3) is 5.69 Å². The Morgan fingerprint density at radius 1 is 1.19 bits per heavy atom. The van der Waals surface area contributed by atoms with Crippen molar-refractivity contribution in [1.82, 2.24) is 4.72 Å². The number of aryl methyl sites for hydroxylation is 1. The number of carbonyl (C=O) groups excluding carboxylic acids is 1. The minimum atomic E-state index is -4.29. The number of nitrogens with zero attached hydrogens (tertiary/aromatic N) is 1. The summed E-state index contributed by atoms with van der Waals surface area (Å²) in [5.41, 5.74) is 0.644. The van der Waals surface area contributed by atoms with Gasteiger partial charge in [0.15, 0.2) is 0 Å². The first-order valence-electron chi connectivity index (χ1n) is 7.43. The van der Waals surface area contributed by atoms with E-state index in [4.69, 9.17) is 23.2 Å². The Bertz CT molecular complexity index is 993. The van der Waals surface area contributed by atoms with Crippen LogP contribution in [0.1, 0.15) is 11.1 Å². The van der Waals surface area contributed by atoms with E-state index in [0.717, 1.165) is 0 Å². The largest absolute Gasteiger partial charge is 0.548 e. The van der Waals surface area contributed by atoms with Crippen LogP contribution in [0.2, 0.25) is 10.0 Å². The maximum atomic E-state index is 12.5. The molecule has 144 valence electrons. The standard InChI is InChI=1S/C16H14Cl2N2O6S/c1-9-6-15(13(18)8-12(9)17)27(25,26)19-14(16(21)22)7-10-2-4-11(5-3-10)20(23)24/h2-6,8,14,19H,7H2,1H3,(H,21,22)/p-1/t14-/m1/s1. The van der Waals surface area contributed by atoms with Crippen molar-refractivity contribution in [2.75, 3.05) is 0 Å². The zero-order valence-electron chi connectivity index (χ0n) is 13.8. The molecule has 0 aliphatic heterocycles. The summed E-state index contributed by atoms with van der Waals surface area (Å²) in [7, 11) is -4.29. The lowest BCUT2D eigenvalue weighted by Crippen LogP contribution is -2.49. The molecule has 0 bridgehead atoms. The molecule has 0 fully saturated rings. The van der Waals surface area contributed by atoms with Gasteiger partial charge in [0.2, 0.25) is 10.0 Å². The molecule has 11 heteroatoms. The first kappa shape index (κ1) is 21.1. The van der Waals surface area contributed by atoms with Crippen LogP contribution in [0.5, 0.6) is 0 Å². The lowest BCUT2D eigenvalue weighted by atomic mass is 10.1. The molecule has 0 saturated heterocycles. The van der Waals surface area contributed by atoms with Gasteiger partial charge in [-0.1, -0.05) is 35.3 Å². The van der Waals surface area contributed by atoms with Crippen LogP contribution in [-0.2, 0) is 21.2 Å². The molecule has 27 heavy (non-hydrogen) atoms. The van der Waals surface area contributed by atoms with Gasteiger partial charge in [0.1, 0.15) is 4.90 Å². The van der Waals surface area contributed by atoms with E-state index in [2.05, 4.69) is 0 Å². The number of carboxylic acids is 1. The number of non-ortho nitro benzene ring substituents is 1. The molecule has 0 unspecified atom stereocenters. The van der Waals surface area contributed by atoms with Gasteiger partial charge in [-0.2, -0.15) is 0 Å². The molecule has 2 aromatic carbocycles. The van der Waals surface area contributed by atoms with Crippen LogP contribution in [0.25, 0.3) is 0 Å². The Morgan fingerprint density at radius 2 is 1.78 bits per heavy atom. The van der Waals surface area contributed by atoms with Crippen molar-refractivity contribution >= 4 is 44.9 Å². The fourth-order valence-corrected chi connectivity index (χ4v) is 4.27. The highest BCUT2D eigenvalue weighted by atomic mass is 35.5. The number of sulfonamides is 1. The molecule has 0 aliphatic rings. The summed E-state index contributed by atoms with van der Waals surface area (Å²) in [5, 5.41) is 22.2. The second-order valence-electron chi connectivity index (χ2n) is 5.65. The number of aliphatic carboxylic acids is 1. The fraction of sp³-hybridized carbons (Fsp3) is 0.188. The lowest BCUT2D eigenvalue weighted by Gasteiger charge is -2.20. The topological polar surface area (TPSA) is 129 Å². The molecule has 0 aliphatic carbocycles. The van der Waals surface area contributed by atoms with Gasteiger partial charge in [-0.15, -0.1) is 0 Å². The molecule has 2 aromatic rings. The third-order valence-electron chi connectivity index (χ3n) is 3.67. The predicted octanol–water partition coefficient (Wildman–Crippen LogP) is 1.85. The highest BCUT2D eigenvalue weighted by Gasteiger charge is 2.24. The summed E-state index contributed by atoms with van der Waals surface area (Å²) < 4.78 is 27.1. The van der Waals surface area contributed by atoms with Gasteiger partial charge in [0, 0.05) is 17.2 Å². The molecule has 0 heterocycles. The SMILES string of the molecule is Cc1cc(S(=O)(=O)N[C@H](Cc2ccc([N+](=O)[O-])cc2)C(=O)[O-])c(Cl)cc1Cl. The molecular formula is C16H13Cl2N2O6S-. The smallest absolute Gasteiger partial charge is 0.269 e. The summed E-state index contributed by atoms with van der Waals surface area (Å²) in [6.07, 6.45) is -0.274. The zero-order chi connectivity index (χ0) is 20.4. The summed E-state index contributed by atoms with van der Waals surface area (Å²) in [6, 6.07) is 5.92. The van der Waals surface area contributed by atoms with Crippen molar-refractivity contribution < 1.29 is 23.2 Å². The molecular weight excluding hydrogens is 419 g/mol. The summed E-state index contributed by atoms with van der Waals surface area (Å²) in [4.78, 5) is 21.1. The maximum Gasteiger partial charge on any atom is 0.269 e. The van der Waals surface area contributed by atoms with E-state index in [0.29, 0.717) is 11.1 Å².